The van der Waals surface area contributed by atoms with Crippen LogP contribution in [-0.4, -0.2) is 17.0 Å². The molecule has 3 heteroatoms. The highest BCUT2D eigenvalue weighted by molar-refractivity contribution is 5.97. The van der Waals surface area contributed by atoms with Gasteiger partial charge >= 0.3 is 0 Å². The van der Waals surface area contributed by atoms with Crippen LogP contribution >= 0.6 is 0 Å². The lowest BCUT2D eigenvalue weighted by Crippen LogP contribution is -2.05. The molecule has 80 valence electrons. The van der Waals surface area contributed by atoms with E-state index >= 15 is 0 Å². The van der Waals surface area contributed by atoms with Crippen LogP contribution in [0.1, 0.15) is 35.3 Å². The van der Waals surface area contributed by atoms with Crippen molar-refractivity contribution in [3.63, 3.8) is 0 Å². The molecule has 0 bridgehead atoms. The fourth-order valence-corrected chi connectivity index (χ4v) is 2.00. The van der Waals surface area contributed by atoms with Crippen molar-refractivity contribution in [2.75, 3.05) is 0 Å². The molecule has 1 aromatic carbocycles. The number of benzene rings is 1. The van der Waals surface area contributed by atoms with Crippen LogP contribution in [0.4, 0.5) is 0 Å². The van der Waals surface area contributed by atoms with Gasteiger partial charge in [-0.3, -0.25) is 4.79 Å². The second-order valence-electron chi connectivity index (χ2n) is 4.07. The minimum atomic E-state index is -0.113. The number of phenolic OH excluding ortho intramolecular Hbond substituents is 1. The van der Waals surface area contributed by atoms with E-state index in [1.54, 1.807) is 13.0 Å². The summed E-state index contributed by atoms with van der Waals surface area (Å²) < 4.78 is 5.58. The average Bonchev–Trinajstić information content (AvgIpc) is 2.52. The van der Waals surface area contributed by atoms with Gasteiger partial charge in [0.2, 0.25) is 0 Å². The first-order chi connectivity index (χ1) is 7.00. The van der Waals surface area contributed by atoms with Gasteiger partial charge in [-0.2, -0.15) is 0 Å². The lowest BCUT2D eigenvalue weighted by Gasteiger charge is -2.10. The SMILES string of the molecule is CC(=O)c1cc2c(c(C)c1O)OC(C)C2. The van der Waals surface area contributed by atoms with Crippen LogP contribution in [0.25, 0.3) is 0 Å². The molecule has 1 unspecified atom stereocenters. The van der Waals surface area contributed by atoms with Crippen LogP contribution in [-0.2, 0) is 6.42 Å². The van der Waals surface area contributed by atoms with E-state index in [0.29, 0.717) is 11.1 Å². The van der Waals surface area contributed by atoms with Crippen molar-refractivity contribution in [1.29, 1.82) is 0 Å². The molecule has 1 aliphatic heterocycles. The van der Waals surface area contributed by atoms with E-state index in [9.17, 15) is 9.90 Å². The maximum atomic E-state index is 11.3. The molecule has 0 radical (unpaired) electrons. The largest absolute Gasteiger partial charge is 0.507 e. The second-order valence-corrected chi connectivity index (χ2v) is 4.07. The molecule has 0 spiro atoms. The van der Waals surface area contributed by atoms with Gasteiger partial charge in [-0.1, -0.05) is 0 Å². The first kappa shape index (κ1) is 10.0. The van der Waals surface area contributed by atoms with Crippen LogP contribution in [0, 0.1) is 6.92 Å². The van der Waals surface area contributed by atoms with Crippen molar-refractivity contribution in [3.8, 4) is 11.5 Å². The average molecular weight is 206 g/mol. The third-order valence-electron chi connectivity index (χ3n) is 2.77. The van der Waals surface area contributed by atoms with Gasteiger partial charge in [-0.05, 0) is 32.4 Å². The Morgan fingerprint density at radius 3 is 2.87 bits per heavy atom. The molecule has 0 amide bonds. The van der Waals surface area contributed by atoms with Crippen LogP contribution in [0.3, 0.4) is 0 Å². The van der Waals surface area contributed by atoms with E-state index in [4.69, 9.17) is 4.74 Å². The van der Waals surface area contributed by atoms with Crippen molar-refractivity contribution in [2.24, 2.45) is 0 Å². The summed E-state index contributed by atoms with van der Waals surface area (Å²) in [5.74, 6) is 0.679. The Balaban J connectivity index is 2.62. The topological polar surface area (TPSA) is 46.5 Å². The number of Topliss-reactive ketones (excluding diaryl/α,β-unsaturated/α-hetero) is 1. The smallest absolute Gasteiger partial charge is 0.163 e. The van der Waals surface area contributed by atoms with E-state index in [0.717, 1.165) is 17.7 Å². The maximum Gasteiger partial charge on any atom is 0.163 e. The highest BCUT2D eigenvalue weighted by Crippen LogP contribution is 2.39. The van der Waals surface area contributed by atoms with Gasteiger partial charge in [0.25, 0.3) is 0 Å². The number of aromatic hydroxyl groups is 1. The highest BCUT2D eigenvalue weighted by atomic mass is 16.5. The van der Waals surface area contributed by atoms with E-state index in [-0.39, 0.29) is 17.6 Å². The zero-order chi connectivity index (χ0) is 11.2. The van der Waals surface area contributed by atoms with Gasteiger partial charge in [0.1, 0.15) is 17.6 Å². The van der Waals surface area contributed by atoms with Crippen molar-refractivity contribution < 1.29 is 14.6 Å². The molecule has 0 aromatic heterocycles. The molecule has 1 aromatic rings. The highest BCUT2D eigenvalue weighted by Gasteiger charge is 2.25. The predicted octanol–water partition coefficient (Wildman–Crippen LogP) is 2.23. The minimum absolute atomic E-state index is 0.0513. The fraction of sp³-hybridized carbons (Fsp3) is 0.417. The number of hydrogen-bond acceptors (Lipinski definition) is 3. The summed E-state index contributed by atoms with van der Waals surface area (Å²) in [7, 11) is 0. The van der Waals surface area contributed by atoms with E-state index in [1.807, 2.05) is 6.92 Å². The van der Waals surface area contributed by atoms with Gasteiger partial charge in [0.15, 0.2) is 5.78 Å². The summed E-state index contributed by atoms with van der Waals surface area (Å²) in [6, 6.07) is 1.74. The molecule has 1 aliphatic rings. The van der Waals surface area contributed by atoms with Crippen LogP contribution in [0.5, 0.6) is 11.5 Å². The molecule has 1 N–H and O–H groups in total. The number of phenols is 1. The Labute approximate surface area is 88.7 Å². The van der Waals surface area contributed by atoms with Gasteiger partial charge in [-0.15, -0.1) is 0 Å². The third kappa shape index (κ3) is 1.48. The number of hydrogen-bond donors (Lipinski definition) is 1. The summed E-state index contributed by atoms with van der Waals surface area (Å²) >= 11 is 0. The molecular weight excluding hydrogens is 192 g/mol. The van der Waals surface area contributed by atoms with Crippen molar-refractivity contribution in [1.82, 2.24) is 0 Å². The lowest BCUT2D eigenvalue weighted by atomic mass is 10.00. The van der Waals surface area contributed by atoms with Crippen molar-refractivity contribution in [3.05, 3.63) is 22.8 Å². The lowest BCUT2D eigenvalue weighted by molar-refractivity contribution is 0.101. The van der Waals surface area contributed by atoms with Gasteiger partial charge in [0, 0.05) is 12.0 Å². The first-order valence-electron chi connectivity index (χ1n) is 5.03. The van der Waals surface area contributed by atoms with E-state index < -0.39 is 0 Å². The summed E-state index contributed by atoms with van der Waals surface area (Å²) in [5, 5.41) is 9.82. The quantitative estimate of drug-likeness (QED) is 0.717. The Morgan fingerprint density at radius 1 is 1.60 bits per heavy atom. The standard InChI is InChI=1S/C12H14O3/c1-6-4-9-5-10(8(3)13)11(14)7(2)12(9)15-6/h5-6,14H,4H2,1-3H3. The number of ether oxygens (including phenoxy) is 1. The number of carbonyl (C=O) groups excluding carboxylic acids is 1. The molecule has 0 saturated carbocycles. The molecular formula is C12H14O3. The maximum absolute atomic E-state index is 11.3. The Morgan fingerprint density at radius 2 is 2.27 bits per heavy atom. The number of carbonyl (C=O) groups is 1. The summed E-state index contributed by atoms with van der Waals surface area (Å²) in [5.41, 5.74) is 2.08. The molecule has 1 atom stereocenters. The minimum Gasteiger partial charge on any atom is -0.507 e. The van der Waals surface area contributed by atoms with Crippen LogP contribution in [0.15, 0.2) is 6.07 Å². The molecule has 2 rings (SSSR count). The summed E-state index contributed by atoms with van der Waals surface area (Å²) in [6.45, 7) is 5.21. The van der Waals surface area contributed by atoms with Gasteiger partial charge in [0.05, 0.1) is 5.56 Å². The summed E-state index contributed by atoms with van der Waals surface area (Å²) in [6.07, 6.45) is 0.928. The Bertz CT molecular complexity index is 435. The number of fused-ring (bicyclic) bond motifs is 1. The van der Waals surface area contributed by atoms with E-state index in [2.05, 4.69) is 0 Å². The predicted molar refractivity (Wildman–Crippen MR) is 56.6 cm³/mol. The third-order valence-corrected chi connectivity index (χ3v) is 2.77. The van der Waals surface area contributed by atoms with Gasteiger partial charge in [-0.25, -0.2) is 0 Å². The molecule has 0 fully saturated rings. The zero-order valence-electron chi connectivity index (χ0n) is 9.13. The zero-order valence-corrected chi connectivity index (χ0v) is 9.13. The first-order valence-corrected chi connectivity index (χ1v) is 5.03. The number of ketones is 1. The van der Waals surface area contributed by atoms with Crippen LogP contribution in [0.2, 0.25) is 0 Å². The Kier molecular flexibility index (Phi) is 2.18. The van der Waals surface area contributed by atoms with Gasteiger partial charge < -0.3 is 9.84 Å². The molecule has 1 heterocycles. The van der Waals surface area contributed by atoms with Crippen LogP contribution < -0.4 is 4.74 Å². The fourth-order valence-electron chi connectivity index (χ4n) is 2.00. The molecule has 0 saturated heterocycles. The second kappa shape index (κ2) is 3.26. The van der Waals surface area contributed by atoms with Crippen molar-refractivity contribution >= 4 is 5.78 Å². The Hall–Kier alpha value is -1.51. The van der Waals surface area contributed by atoms with E-state index in [1.165, 1.54) is 6.92 Å². The molecule has 15 heavy (non-hydrogen) atoms. The monoisotopic (exact) mass is 206 g/mol. The van der Waals surface area contributed by atoms with Crippen molar-refractivity contribution in [2.45, 2.75) is 33.3 Å². The molecule has 0 aliphatic carbocycles. The number of rotatable bonds is 1. The normalized spacial score (nSPS) is 18.5. The molecule has 3 nitrogen and oxygen atoms in total. The summed E-state index contributed by atoms with van der Waals surface area (Å²) in [4.78, 5) is 11.3.